The number of hydrogen-bond donors (Lipinski definition) is 3. The number of piperazine rings is 2. The van der Waals surface area contributed by atoms with Gasteiger partial charge in [0.15, 0.2) is 17.4 Å². The number of carbonyl (C=O) groups excluding carboxylic acids is 1. The van der Waals surface area contributed by atoms with Gasteiger partial charge in [0.2, 0.25) is 0 Å². The number of para-hydroxylation sites is 1. The lowest BCUT2D eigenvalue weighted by Gasteiger charge is -2.54. The molecular formula is C23H30FN7O2. The molecule has 2 saturated heterocycles. The quantitative estimate of drug-likeness (QED) is 0.606. The summed E-state index contributed by atoms with van der Waals surface area (Å²) in [5, 5.41) is 25.4. The van der Waals surface area contributed by atoms with Gasteiger partial charge >= 0.3 is 6.03 Å². The fourth-order valence-electron chi connectivity index (χ4n) is 5.14. The molecule has 3 aliphatic rings. The van der Waals surface area contributed by atoms with Gasteiger partial charge in [-0.2, -0.15) is 0 Å². The van der Waals surface area contributed by atoms with Gasteiger partial charge in [-0.1, -0.05) is 6.07 Å². The van der Waals surface area contributed by atoms with Gasteiger partial charge in [0, 0.05) is 51.4 Å². The molecule has 1 atom stereocenters. The molecule has 2 fully saturated rings. The van der Waals surface area contributed by atoms with Crippen LogP contribution in [0.5, 0.6) is 5.75 Å². The second kappa shape index (κ2) is 7.72. The molecule has 0 radical (unpaired) electrons. The van der Waals surface area contributed by atoms with Crippen LogP contribution in [0.15, 0.2) is 24.3 Å². The van der Waals surface area contributed by atoms with Crippen molar-refractivity contribution in [1.29, 1.82) is 0 Å². The number of amides is 2. The Morgan fingerprint density at radius 2 is 1.97 bits per heavy atom. The van der Waals surface area contributed by atoms with Crippen molar-refractivity contribution in [2.45, 2.75) is 31.8 Å². The van der Waals surface area contributed by atoms with E-state index in [1.807, 2.05) is 15.9 Å². The second-order valence-corrected chi connectivity index (χ2v) is 9.95. The van der Waals surface area contributed by atoms with Crippen LogP contribution in [0, 0.1) is 5.82 Å². The molecule has 10 heteroatoms. The lowest BCUT2D eigenvalue weighted by molar-refractivity contribution is 0.0738. The number of phenols is 1. The number of hydrogen-bond acceptors (Lipinski definition) is 7. The number of halogens is 1. The fourth-order valence-corrected chi connectivity index (χ4v) is 5.14. The van der Waals surface area contributed by atoms with Crippen molar-refractivity contribution in [3.8, 4) is 17.0 Å². The second-order valence-electron chi connectivity index (χ2n) is 9.95. The zero-order chi connectivity index (χ0) is 23.4. The summed E-state index contributed by atoms with van der Waals surface area (Å²) in [6.45, 7) is 11.0. The van der Waals surface area contributed by atoms with Crippen molar-refractivity contribution in [3.63, 3.8) is 0 Å². The Labute approximate surface area is 192 Å². The van der Waals surface area contributed by atoms with E-state index < -0.39 is 11.6 Å². The predicted octanol–water partition coefficient (Wildman–Crippen LogP) is 2.10. The van der Waals surface area contributed by atoms with Gasteiger partial charge in [-0.05, 0) is 39.0 Å². The zero-order valence-corrected chi connectivity index (χ0v) is 19.2. The molecule has 1 aromatic carbocycles. The maximum Gasteiger partial charge on any atom is 0.320 e. The molecule has 2 amide bonds. The Morgan fingerprint density at radius 3 is 2.76 bits per heavy atom. The number of nitrogens with zero attached hydrogens (tertiary/aromatic N) is 5. The molecule has 0 spiro atoms. The Bertz CT molecular complexity index is 1090. The van der Waals surface area contributed by atoms with Gasteiger partial charge in [-0.15, -0.1) is 10.2 Å². The topological polar surface area (TPSA) is 96.9 Å². The molecule has 1 unspecified atom stereocenters. The number of benzene rings is 1. The van der Waals surface area contributed by atoms with Crippen LogP contribution in [0.25, 0.3) is 11.3 Å². The normalized spacial score (nSPS) is 24.1. The van der Waals surface area contributed by atoms with Crippen LogP contribution < -0.4 is 15.5 Å². The first-order valence-corrected chi connectivity index (χ1v) is 11.3. The van der Waals surface area contributed by atoms with Crippen molar-refractivity contribution in [3.05, 3.63) is 30.1 Å². The Hall–Kier alpha value is -3.14. The smallest absolute Gasteiger partial charge is 0.320 e. The molecule has 0 aliphatic carbocycles. The van der Waals surface area contributed by atoms with Crippen LogP contribution >= 0.6 is 0 Å². The molecular weight excluding hydrogens is 425 g/mol. The van der Waals surface area contributed by atoms with E-state index in [-0.39, 0.29) is 17.1 Å². The van der Waals surface area contributed by atoms with E-state index in [9.17, 15) is 14.3 Å². The molecule has 5 rings (SSSR count). The van der Waals surface area contributed by atoms with Crippen molar-refractivity contribution in [1.82, 2.24) is 25.3 Å². The average molecular weight is 456 g/mol. The molecule has 9 nitrogen and oxygen atoms in total. The standard InChI is InChI=1S/C23H30FN7O2/c1-22(2)12-25-7-8-31(22)21(33)29-9-10-30-18-11-17(15-5-4-6-16(24)19(15)32)27-28-20(18)26-13-23(30,3)14-29/h4-6,11,25,32H,7-10,12-14H2,1-3H3,(H,26,28). The lowest BCUT2D eigenvalue weighted by atomic mass is 9.92. The highest BCUT2D eigenvalue weighted by Gasteiger charge is 2.45. The summed E-state index contributed by atoms with van der Waals surface area (Å²) in [5.41, 5.74) is 0.961. The van der Waals surface area contributed by atoms with E-state index in [4.69, 9.17) is 0 Å². The highest BCUT2D eigenvalue weighted by Crippen LogP contribution is 2.40. The summed E-state index contributed by atoms with van der Waals surface area (Å²) in [5.74, 6) is -0.486. The number of urea groups is 1. The molecule has 1 aromatic heterocycles. The van der Waals surface area contributed by atoms with Gasteiger partial charge in [-0.3, -0.25) is 0 Å². The number of phenolic OH excluding ortho intramolecular Hbond substituents is 1. The van der Waals surface area contributed by atoms with E-state index in [0.29, 0.717) is 49.8 Å². The molecule has 0 saturated carbocycles. The number of rotatable bonds is 1. The van der Waals surface area contributed by atoms with Gasteiger partial charge < -0.3 is 30.4 Å². The largest absolute Gasteiger partial charge is 0.504 e. The van der Waals surface area contributed by atoms with Gasteiger partial charge in [0.05, 0.1) is 22.5 Å². The van der Waals surface area contributed by atoms with E-state index in [1.165, 1.54) is 12.1 Å². The SMILES string of the molecule is CC1(C)CNCCN1C(=O)N1CCN2c3cc(-c4cccc(F)c4O)nnc3NCC2(C)C1. The Kier molecular flexibility index (Phi) is 5.08. The molecule has 33 heavy (non-hydrogen) atoms. The number of aromatic nitrogens is 2. The fraction of sp³-hybridized carbons (Fsp3) is 0.522. The van der Waals surface area contributed by atoms with Crippen LogP contribution in [0.3, 0.4) is 0 Å². The highest BCUT2D eigenvalue weighted by atomic mass is 19.1. The summed E-state index contributed by atoms with van der Waals surface area (Å²) >= 11 is 0. The number of fused-ring (bicyclic) bond motifs is 3. The lowest BCUT2D eigenvalue weighted by Crippen LogP contribution is -2.70. The van der Waals surface area contributed by atoms with Crippen LogP contribution in [-0.2, 0) is 0 Å². The van der Waals surface area contributed by atoms with Crippen molar-refractivity contribution >= 4 is 17.5 Å². The molecule has 2 aromatic rings. The van der Waals surface area contributed by atoms with Gasteiger partial charge in [0.25, 0.3) is 0 Å². The maximum absolute atomic E-state index is 13.9. The molecule has 3 aliphatic heterocycles. The van der Waals surface area contributed by atoms with Gasteiger partial charge in [0.1, 0.15) is 0 Å². The maximum atomic E-state index is 13.9. The third-order valence-electron chi connectivity index (χ3n) is 7.04. The van der Waals surface area contributed by atoms with E-state index in [0.717, 1.165) is 18.8 Å². The average Bonchev–Trinajstić information content (AvgIpc) is 2.79. The van der Waals surface area contributed by atoms with Crippen molar-refractivity contribution < 1.29 is 14.3 Å². The summed E-state index contributed by atoms with van der Waals surface area (Å²) in [4.78, 5) is 19.6. The molecule has 176 valence electrons. The predicted molar refractivity (Wildman–Crippen MR) is 124 cm³/mol. The number of anilines is 2. The third kappa shape index (κ3) is 3.62. The van der Waals surface area contributed by atoms with Gasteiger partial charge in [-0.25, -0.2) is 9.18 Å². The third-order valence-corrected chi connectivity index (χ3v) is 7.04. The van der Waals surface area contributed by atoms with E-state index in [2.05, 4.69) is 46.5 Å². The first kappa shape index (κ1) is 21.7. The summed E-state index contributed by atoms with van der Waals surface area (Å²) in [7, 11) is 0. The monoisotopic (exact) mass is 455 g/mol. The van der Waals surface area contributed by atoms with Crippen LogP contribution in [0.1, 0.15) is 20.8 Å². The summed E-state index contributed by atoms with van der Waals surface area (Å²) < 4.78 is 13.9. The Balaban J connectivity index is 1.42. The van der Waals surface area contributed by atoms with Crippen LogP contribution in [-0.4, -0.2) is 88.0 Å². The van der Waals surface area contributed by atoms with E-state index >= 15 is 0 Å². The first-order valence-electron chi connectivity index (χ1n) is 11.3. The highest BCUT2D eigenvalue weighted by molar-refractivity contribution is 5.79. The number of nitrogens with one attached hydrogen (secondary N) is 2. The van der Waals surface area contributed by atoms with E-state index in [1.54, 1.807) is 6.07 Å². The minimum absolute atomic E-state index is 0.0754. The minimum Gasteiger partial charge on any atom is -0.504 e. The van der Waals surface area contributed by atoms with Crippen LogP contribution in [0.4, 0.5) is 20.7 Å². The number of aromatic hydroxyl groups is 1. The minimum atomic E-state index is -0.696. The molecule has 4 heterocycles. The van der Waals surface area contributed by atoms with Crippen LogP contribution in [0.2, 0.25) is 0 Å². The summed E-state index contributed by atoms with van der Waals surface area (Å²) in [6.07, 6.45) is 0. The number of carbonyl (C=O) groups is 1. The zero-order valence-electron chi connectivity index (χ0n) is 19.2. The first-order chi connectivity index (χ1) is 15.7. The molecule has 3 N–H and O–H groups in total. The van der Waals surface area contributed by atoms with Crippen molar-refractivity contribution in [2.24, 2.45) is 0 Å². The Morgan fingerprint density at radius 1 is 1.15 bits per heavy atom. The summed E-state index contributed by atoms with van der Waals surface area (Å²) in [6, 6.07) is 6.27. The molecule has 0 bridgehead atoms. The van der Waals surface area contributed by atoms with Crippen molar-refractivity contribution in [2.75, 3.05) is 56.0 Å².